The van der Waals surface area contributed by atoms with Gasteiger partial charge in [-0.15, -0.1) is 0 Å². The first-order chi connectivity index (χ1) is 11.9. The topological polar surface area (TPSA) is 88.4 Å². The molecule has 0 saturated carbocycles. The van der Waals surface area contributed by atoms with Gasteiger partial charge in [-0.25, -0.2) is 5.43 Å². The van der Waals surface area contributed by atoms with Crippen molar-refractivity contribution >= 4 is 23.7 Å². The van der Waals surface area contributed by atoms with Crippen molar-refractivity contribution < 1.29 is 9.59 Å². The lowest BCUT2D eigenvalue weighted by Crippen LogP contribution is -2.20. The van der Waals surface area contributed by atoms with Crippen LogP contribution in [0, 0.1) is 20.8 Å². The Bertz CT molecular complexity index is 808. The molecule has 0 spiro atoms. The van der Waals surface area contributed by atoms with Gasteiger partial charge in [-0.3, -0.25) is 14.3 Å². The Labute approximate surface area is 147 Å². The van der Waals surface area contributed by atoms with Crippen molar-refractivity contribution in [1.82, 2.24) is 15.2 Å². The fraction of sp³-hybridized carbons (Fsp3) is 0.333. The molecule has 7 heteroatoms. The first-order valence-corrected chi connectivity index (χ1v) is 8.04. The number of rotatable bonds is 6. The molecule has 0 aliphatic heterocycles. The number of hydrogen-bond acceptors (Lipinski definition) is 4. The number of amides is 2. The summed E-state index contributed by atoms with van der Waals surface area (Å²) < 4.78 is 1.72. The van der Waals surface area contributed by atoms with Crippen molar-refractivity contribution in [2.75, 3.05) is 5.32 Å². The molecule has 132 valence electrons. The van der Waals surface area contributed by atoms with Crippen LogP contribution in [0.4, 0.5) is 5.69 Å². The first kappa shape index (κ1) is 18.4. The lowest BCUT2D eigenvalue weighted by atomic mass is 10.1. The minimum Gasteiger partial charge on any atom is -0.326 e. The van der Waals surface area contributed by atoms with Crippen molar-refractivity contribution in [3.63, 3.8) is 0 Å². The highest BCUT2D eigenvalue weighted by molar-refractivity contribution is 5.93. The van der Waals surface area contributed by atoms with Crippen LogP contribution in [0.25, 0.3) is 0 Å². The van der Waals surface area contributed by atoms with Crippen molar-refractivity contribution in [3.05, 3.63) is 46.8 Å². The van der Waals surface area contributed by atoms with Crippen LogP contribution in [0.3, 0.4) is 0 Å². The van der Waals surface area contributed by atoms with E-state index in [0.717, 1.165) is 22.5 Å². The van der Waals surface area contributed by atoms with Gasteiger partial charge < -0.3 is 5.32 Å². The Kier molecular flexibility index (Phi) is 6.05. The van der Waals surface area contributed by atoms with Crippen molar-refractivity contribution in [2.45, 2.75) is 33.6 Å². The number of hydrogen-bond donors (Lipinski definition) is 2. The summed E-state index contributed by atoms with van der Waals surface area (Å²) in [6.07, 6.45) is 3.37. The van der Waals surface area contributed by atoms with Crippen LogP contribution >= 0.6 is 0 Å². The molecular formula is C18H23N5O2. The van der Waals surface area contributed by atoms with Gasteiger partial charge in [-0.2, -0.15) is 10.2 Å². The molecule has 1 heterocycles. The summed E-state index contributed by atoms with van der Waals surface area (Å²) in [6.45, 7) is 5.91. The monoisotopic (exact) mass is 341 g/mol. The van der Waals surface area contributed by atoms with Crippen LogP contribution < -0.4 is 10.7 Å². The predicted octanol–water partition coefficient (Wildman–Crippen LogP) is 2.21. The second-order valence-electron chi connectivity index (χ2n) is 5.95. The average Bonchev–Trinajstić information content (AvgIpc) is 2.88. The third-order valence-corrected chi connectivity index (χ3v) is 4.04. The number of nitrogens with one attached hydrogen (secondary N) is 2. The summed E-state index contributed by atoms with van der Waals surface area (Å²) in [7, 11) is 1.83. The van der Waals surface area contributed by atoms with Gasteiger partial charge >= 0.3 is 0 Å². The van der Waals surface area contributed by atoms with Gasteiger partial charge in [0.2, 0.25) is 11.8 Å². The number of hydrazone groups is 1. The maximum Gasteiger partial charge on any atom is 0.240 e. The molecule has 1 aromatic heterocycles. The van der Waals surface area contributed by atoms with Gasteiger partial charge in [0.15, 0.2) is 0 Å². The number of carbonyl (C=O) groups is 2. The maximum absolute atomic E-state index is 11.9. The Hall–Kier alpha value is -2.96. The Morgan fingerprint density at radius 3 is 2.52 bits per heavy atom. The summed E-state index contributed by atoms with van der Waals surface area (Å²) in [5.41, 5.74) is 7.20. The lowest BCUT2D eigenvalue weighted by Gasteiger charge is -2.07. The molecule has 25 heavy (non-hydrogen) atoms. The first-order valence-electron chi connectivity index (χ1n) is 8.04. The number of anilines is 1. The van der Waals surface area contributed by atoms with Crippen LogP contribution in [0.1, 0.15) is 35.2 Å². The second kappa shape index (κ2) is 8.23. The summed E-state index contributed by atoms with van der Waals surface area (Å²) in [6, 6.07) is 5.71. The van der Waals surface area contributed by atoms with Crippen molar-refractivity contribution in [1.29, 1.82) is 0 Å². The molecule has 1 aromatic carbocycles. The zero-order chi connectivity index (χ0) is 18.4. The third-order valence-electron chi connectivity index (χ3n) is 4.04. The highest BCUT2D eigenvalue weighted by Gasteiger charge is 2.07. The molecule has 0 unspecified atom stereocenters. The normalized spacial score (nSPS) is 10.9. The van der Waals surface area contributed by atoms with Gasteiger partial charge in [0.1, 0.15) is 0 Å². The fourth-order valence-corrected chi connectivity index (χ4v) is 2.14. The van der Waals surface area contributed by atoms with Crippen molar-refractivity contribution in [3.8, 4) is 0 Å². The van der Waals surface area contributed by atoms with Crippen LogP contribution in [0.2, 0.25) is 0 Å². The van der Waals surface area contributed by atoms with E-state index in [4.69, 9.17) is 0 Å². The van der Waals surface area contributed by atoms with Gasteiger partial charge in [0.25, 0.3) is 0 Å². The number of aromatic nitrogens is 2. The van der Waals surface area contributed by atoms with Gasteiger partial charge in [-0.1, -0.05) is 6.07 Å². The Morgan fingerprint density at radius 1 is 1.16 bits per heavy atom. The Morgan fingerprint density at radius 2 is 1.88 bits per heavy atom. The third kappa shape index (κ3) is 5.27. The van der Waals surface area contributed by atoms with E-state index in [1.165, 1.54) is 11.8 Å². The maximum atomic E-state index is 11.9. The number of nitrogens with zero attached hydrogens (tertiary/aromatic N) is 3. The summed E-state index contributed by atoms with van der Waals surface area (Å²) >= 11 is 0. The highest BCUT2D eigenvalue weighted by Crippen LogP contribution is 2.14. The molecule has 0 bridgehead atoms. The molecule has 0 aliphatic carbocycles. The standard InChI is InChI=1S/C18H23N5O2/c1-12-5-6-16(9-13(12)2)21-17(24)7-8-18(25)22-19-10-15-11-20-23(4)14(15)3/h5-6,9-11H,7-8H2,1-4H3,(H,21,24)(H,22,25). The summed E-state index contributed by atoms with van der Waals surface area (Å²) in [4.78, 5) is 23.7. The van der Waals surface area contributed by atoms with Gasteiger partial charge in [-0.05, 0) is 44.0 Å². The van der Waals surface area contributed by atoms with Crippen LogP contribution in [-0.4, -0.2) is 27.8 Å². The quantitative estimate of drug-likeness (QED) is 0.624. The molecule has 2 aromatic rings. The molecule has 7 nitrogen and oxygen atoms in total. The van der Waals surface area contributed by atoms with Crippen LogP contribution in [0.5, 0.6) is 0 Å². The van der Waals surface area contributed by atoms with Crippen molar-refractivity contribution in [2.24, 2.45) is 12.1 Å². The summed E-state index contributed by atoms with van der Waals surface area (Å²) in [5, 5.41) is 10.8. The highest BCUT2D eigenvalue weighted by atomic mass is 16.2. The molecular weight excluding hydrogens is 318 g/mol. The Balaban J connectivity index is 1.76. The number of benzene rings is 1. The average molecular weight is 341 g/mol. The smallest absolute Gasteiger partial charge is 0.240 e. The van der Waals surface area contributed by atoms with E-state index in [0.29, 0.717) is 0 Å². The van der Waals surface area contributed by atoms with E-state index in [1.54, 1.807) is 10.9 Å². The van der Waals surface area contributed by atoms with Gasteiger partial charge in [0, 0.05) is 36.8 Å². The molecule has 2 rings (SSSR count). The minimum absolute atomic E-state index is 0.0695. The second-order valence-corrected chi connectivity index (χ2v) is 5.95. The zero-order valence-electron chi connectivity index (χ0n) is 15.0. The fourth-order valence-electron chi connectivity index (χ4n) is 2.14. The molecule has 2 N–H and O–H groups in total. The van der Waals surface area contributed by atoms with E-state index in [-0.39, 0.29) is 24.7 Å². The lowest BCUT2D eigenvalue weighted by molar-refractivity contribution is -0.124. The predicted molar refractivity (Wildman–Crippen MR) is 97.5 cm³/mol. The number of carbonyl (C=O) groups excluding carboxylic acids is 2. The van der Waals surface area contributed by atoms with E-state index in [2.05, 4.69) is 20.9 Å². The largest absolute Gasteiger partial charge is 0.326 e. The molecule has 0 aliphatic rings. The SMILES string of the molecule is Cc1ccc(NC(=O)CCC(=O)NN=Cc2cnn(C)c2C)cc1C. The molecule has 0 radical (unpaired) electrons. The molecule has 0 saturated heterocycles. The zero-order valence-corrected chi connectivity index (χ0v) is 15.0. The van der Waals surface area contributed by atoms with E-state index < -0.39 is 0 Å². The minimum atomic E-state index is -0.312. The van der Waals surface area contributed by atoms with Gasteiger partial charge in [0.05, 0.1) is 12.4 Å². The van der Waals surface area contributed by atoms with E-state index in [1.807, 2.05) is 46.0 Å². The molecule has 0 atom stereocenters. The molecule has 0 fully saturated rings. The van der Waals surface area contributed by atoms with E-state index in [9.17, 15) is 9.59 Å². The van der Waals surface area contributed by atoms with E-state index >= 15 is 0 Å². The summed E-state index contributed by atoms with van der Waals surface area (Å²) in [5.74, 6) is -0.515. The van der Waals surface area contributed by atoms with Crippen LogP contribution in [-0.2, 0) is 16.6 Å². The van der Waals surface area contributed by atoms with Crippen LogP contribution in [0.15, 0.2) is 29.5 Å². The molecule has 2 amide bonds. The number of aryl methyl sites for hydroxylation is 3.